The normalized spacial score (nSPS) is 13.6. The molecule has 1 aliphatic heterocycles. The molecule has 64 heavy (non-hydrogen) atoms. The van der Waals surface area contributed by atoms with Crippen molar-refractivity contribution in [2.75, 3.05) is 16.5 Å². The summed E-state index contributed by atoms with van der Waals surface area (Å²) in [6.07, 6.45) is 2.03. The van der Waals surface area contributed by atoms with Gasteiger partial charge in [-0.15, -0.1) is 0 Å². The summed E-state index contributed by atoms with van der Waals surface area (Å²) in [6, 6.07) is 48.9. The van der Waals surface area contributed by atoms with E-state index >= 15 is 0 Å². The van der Waals surface area contributed by atoms with E-state index in [1.54, 1.807) is 0 Å². The van der Waals surface area contributed by atoms with Crippen LogP contribution >= 0.6 is 0 Å². The zero-order valence-corrected chi connectivity index (χ0v) is 40.2. The van der Waals surface area contributed by atoms with Crippen LogP contribution in [0, 0.1) is 6.92 Å². The number of hydrogen-bond donors (Lipinski definition) is 0. The van der Waals surface area contributed by atoms with Crippen molar-refractivity contribution in [3.8, 4) is 28.4 Å². The zero-order valence-electron chi connectivity index (χ0n) is 40.2. The maximum absolute atomic E-state index is 6.81. The van der Waals surface area contributed by atoms with Gasteiger partial charge in [0, 0.05) is 46.0 Å². The number of pyridine rings is 1. The van der Waals surface area contributed by atoms with Crippen molar-refractivity contribution in [2.45, 2.75) is 112 Å². The molecular formula is C59H64N4O. The molecule has 0 radical (unpaired) electrons. The van der Waals surface area contributed by atoms with Crippen molar-refractivity contribution in [3.63, 3.8) is 0 Å². The lowest BCUT2D eigenvalue weighted by molar-refractivity contribution is 0.483. The van der Waals surface area contributed by atoms with Gasteiger partial charge in [-0.3, -0.25) is 4.57 Å². The Balaban J connectivity index is 1.08. The van der Waals surface area contributed by atoms with Gasteiger partial charge in [-0.1, -0.05) is 144 Å². The summed E-state index contributed by atoms with van der Waals surface area (Å²) in [5, 5.41) is 2.34. The lowest BCUT2D eigenvalue weighted by Crippen LogP contribution is -2.25. The number of ether oxygens (including phenoxy) is 1. The summed E-state index contributed by atoms with van der Waals surface area (Å²) in [5.41, 5.74) is 15.8. The van der Waals surface area contributed by atoms with Gasteiger partial charge in [0.1, 0.15) is 24.0 Å². The summed E-state index contributed by atoms with van der Waals surface area (Å²) >= 11 is 0. The van der Waals surface area contributed by atoms with E-state index in [1.165, 1.54) is 55.8 Å². The van der Waals surface area contributed by atoms with E-state index in [0.29, 0.717) is 6.67 Å². The van der Waals surface area contributed by atoms with Crippen LogP contribution < -0.4 is 14.5 Å². The monoisotopic (exact) mass is 845 g/mol. The number of aryl methyl sites for hydroxylation is 1. The third kappa shape index (κ3) is 8.06. The van der Waals surface area contributed by atoms with Crippen LogP contribution in [0.25, 0.3) is 38.8 Å². The fourth-order valence-electron chi connectivity index (χ4n) is 9.03. The van der Waals surface area contributed by atoms with Crippen molar-refractivity contribution < 1.29 is 4.74 Å². The van der Waals surface area contributed by atoms with Gasteiger partial charge in [0.05, 0.1) is 22.4 Å². The van der Waals surface area contributed by atoms with Crippen molar-refractivity contribution >= 4 is 44.6 Å². The summed E-state index contributed by atoms with van der Waals surface area (Å²) < 4.78 is 9.08. The Morgan fingerprint density at radius 3 is 1.78 bits per heavy atom. The van der Waals surface area contributed by atoms with Crippen LogP contribution in [0.2, 0.25) is 0 Å². The molecule has 0 saturated carbocycles. The van der Waals surface area contributed by atoms with Crippen LogP contribution in [0.3, 0.4) is 0 Å². The van der Waals surface area contributed by atoms with Gasteiger partial charge in [-0.2, -0.15) is 0 Å². The van der Waals surface area contributed by atoms with Gasteiger partial charge in [0.2, 0.25) is 0 Å². The Hall–Kier alpha value is -6.33. The number of hydrogen-bond acceptors (Lipinski definition) is 4. The Morgan fingerprint density at radius 2 is 1.09 bits per heavy atom. The SMILES string of the molecule is Cc1cc(-n2c3ccccc3c3ccc(Oc4cccc(N5CN(c6cc(C(C)(C)C)cc(C(C)(C)C)c6)c6cc(C(C)(C)C)ccc65)c4)cc32)ncc1-c1cccc(C(C)(C)C)c1. The number of para-hydroxylation sites is 1. The average molecular weight is 845 g/mol. The summed E-state index contributed by atoms with van der Waals surface area (Å²) in [6.45, 7) is 30.4. The lowest BCUT2D eigenvalue weighted by atomic mass is 9.80. The predicted molar refractivity (Wildman–Crippen MR) is 272 cm³/mol. The molecule has 326 valence electrons. The van der Waals surface area contributed by atoms with Crippen molar-refractivity contribution in [3.05, 3.63) is 167 Å². The number of fused-ring (bicyclic) bond motifs is 4. The Labute approximate surface area is 381 Å². The highest BCUT2D eigenvalue weighted by molar-refractivity contribution is 6.09. The molecule has 1 aliphatic rings. The summed E-state index contributed by atoms with van der Waals surface area (Å²) in [4.78, 5) is 10.1. The molecule has 0 unspecified atom stereocenters. The van der Waals surface area contributed by atoms with E-state index in [-0.39, 0.29) is 21.7 Å². The fourth-order valence-corrected chi connectivity index (χ4v) is 9.03. The molecule has 0 spiro atoms. The van der Waals surface area contributed by atoms with Crippen LogP contribution in [0.15, 0.2) is 140 Å². The molecule has 2 aromatic heterocycles. The summed E-state index contributed by atoms with van der Waals surface area (Å²) in [5.74, 6) is 2.44. The average Bonchev–Trinajstić information content (AvgIpc) is 3.78. The molecule has 5 heteroatoms. The molecule has 9 rings (SSSR count). The van der Waals surface area contributed by atoms with Crippen LogP contribution in [0.4, 0.5) is 22.7 Å². The highest BCUT2D eigenvalue weighted by Gasteiger charge is 2.32. The highest BCUT2D eigenvalue weighted by atomic mass is 16.5. The van der Waals surface area contributed by atoms with E-state index in [2.05, 4.69) is 238 Å². The Bertz CT molecular complexity index is 3040. The topological polar surface area (TPSA) is 33.5 Å². The Morgan fingerprint density at radius 1 is 0.469 bits per heavy atom. The minimum Gasteiger partial charge on any atom is -0.457 e. The van der Waals surface area contributed by atoms with E-state index in [9.17, 15) is 0 Å². The second-order valence-corrected chi connectivity index (χ2v) is 22.0. The van der Waals surface area contributed by atoms with Gasteiger partial charge >= 0.3 is 0 Å². The van der Waals surface area contributed by atoms with Crippen LogP contribution in [0.1, 0.15) is 111 Å². The van der Waals surface area contributed by atoms with Crippen molar-refractivity contribution in [1.82, 2.24) is 9.55 Å². The third-order valence-corrected chi connectivity index (χ3v) is 13.0. The maximum atomic E-state index is 6.81. The molecule has 0 aliphatic carbocycles. The molecule has 6 aromatic carbocycles. The van der Waals surface area contributed by atoms with Gasteiger partial charge in [-0.05, 0) is 123 Å². The zero-order chi connectivity index (χ0) is 45.5. The number of benzene rings is 6. The number of anilines is 4. The van der Waals surface area contributed by atoms with Crippen LogP contribution in [0.5, 0.6) is 11.5 Å². The summed E-state index contributed by atoms with van der Waals surface area (Å²) in [7, 11) is 0. The molecule has 0 bridgehead atoms. The van der Waals surface area contributed by atoms with E-state index < -0.39 is 0 Å². The first-order valence-corrected chi connectivity index (χ1v) is 22.9. The molecule has 0 fully saturated rings. The molecule has 0 N–H and O–H groups in total. The predicted octanol–water partition coefficient (Wildman–Crippen LogP) is 16.4. The fraction of sp³-hybridized carbons (Fsp3) is 0.305. The first kappa shape index (κ1) is 42.9. The smallest absolute Gasteiger partial charge is 0.137 e. The second kappa shape index (κ2) is 15.4. The lowest BCUT2D eigenvalue weighted by Gasteiger charge is -2.29. The van der Waals surface area contributed by atoms with E-state index in [0.717, 1.165) is 45.0 Å². The highest BCUT2D eigenvalue weighted by Crippen LogP contribution is 2.48. The molecule has 0 atom stereocenters. The molecule has 5 nitrogen and oxygen atoms in total. The molecule has 0 saturated heterocycles. The largest absolute Gasteiger partial charge is 0.457 e. The number of rotatable bonds is 6. The van der Waals surface area contributed by atoms with E-state index in [1.807, 2.05) is 6.20 Å². The third-order valence-electron chi connectivity index (χ3n) is 13.0. The second-order valence-electron chi connectivity index (χ2n) is 22.0. The van der Waals surface area contributed by atoms with Gasteiger partial charge in [0.25, 0.3) is 0 Å². The first-order chi connectivity index (χ1) is 30.1. The van der Waals surface area contributed by atoms with Crippen molar-refractivity contribution in [1.29, 1.82) is 0 Å². The molecule has 8 aromatic rings. The molecular weight excluding hydrogens is 781 g/mol. The minimum absolute atomic E-state index is 0.00770. The number of nitrogens with zero attached hydrogens (tertiary/aromatic N) is 4. The van der Waals surface area contributed by atoms with Crippen molar-refractivity contribution in [2.24, 2.45) is 0 Å². The van der Waals surface area contributed by atoms with E-state index in [4.69, 9.17) is 9.72 Å². The van der Waals surface area contributed by atoms with Gasteiger partial charge < -0.3 is 14.5 Å². The van der Waals surface area contributed by atoms with Gasteiger partial charge in [-0.25, -0.2) is 4.98 Å². The quantitative estimate of drug-likeness (QED) is 0.167. The first-order valence-electron chi connectivity index (χ1n) is 22.9. The molecule has 0 amide bonds. The molecule has 3 heterocycles. The Kier molecular flexibility index (Phi) is 10.4. The number of aromatic nitrogens is 2. The van der Waals surface area contributed by atoms with Gasteiger partial charge in [0.15, 0.2) is 0 Å². The van der Waals surface area contributed by atoms with Crippen LogP contribution in [-0.2, 0) is 21.7 Å². The van der Waals surface area contributed by atoms with Crippen LogP contribution in [-0.4, -0.2) is 16.2 Å². The standard InChI is InChI=1S/C59H64N4O/c1-38-28-55(60-36-50(38)39-18-16-19-40(29-39)56(2,3)4)63-51-23-15-14-22-48(51)49-26-25-47(35-53(49)63)64-46-21-17-20-44(34-46)61-37-62(54-33-41(57(5,6)7)24-27-52(54)61)45-31-42(58(8,9)10)30-43(32-45)59(11,12)13/h14-36H,37H2,1-13H3. The maximum Gasteiger partial charge on any atom is 0.137 e. The minimum atomic E-state index is 0.00770.